The highest BCUT2D eigenvalue weighted by molar-refractivity contribution is 5.96. The summed E-state index contributed by atoms with van der Waals surface area (Å²) >= 11 is 0. The molecule has 2 heterocycles. The molecule has 0 saturated carbocycles. The normalized spacial score (nSPS) is 12.2. The number of ether oxygens (including phenoxy) is 1. The summed E-state index contributed by atoms with van der Waals surface area (Å²) in [6.07, 6.45) is 3.94. The Bertz CT molecular complexity index is 1540. The van der Waals surface area contributed by atoms with E-state index in [1.54, 1.807) is 26.2 Å². The maximum atomic E-state index is 14.7. The third-order valence-electron chi connectivity index (χ3n) is 6.15. The number of alkyl halides is 2. The smallest absolute Gasteiger partial charge is 0.407 e. The molecule has 218 valence electrons. The van der Waals surface area contributed by atoms with Gasteiger partial charge in [0.2, 0.25) is 11.8 Å². The van der Waals surface area contributed by atoms with Crippen molar-refractivity contribution in [1.29, 1.82) is 0 Å². The average molecular weight is 571 g/mol. The molecule has 3 rings (SSSR count). The quantitative estimate of drug-likeness (QED) is 0.238. The first-order valence-electron chi connectivity index (χ1n) is 12.6. The minimum absolute atomic E-state index is 0.0612. The number of carbonyl (C=O) groups excluding carboxylic acids is 3. The summed E-state index contributed by atoms with van der Waals surface area (Å²) in [6, 6.07) is 6.21. The van der Waals surface area contributed by atoms with Gasteiger partial charge < -0.3 is 29.8 Å². The lowest BCUT2D eigenvalue weighted by Crippen LogP contribution is -2.44. The highest BCUT2D eigenvalue weighted by atomic mass is 19.3. The Labute approximate surface area is 234 Å². The number of methoxy groups -OCH3 is 1. The second kappa shape index (κ2) is 13.0. The SMILES string of the molecule is C=C(C)C(F)(F)c1cccc2[nH]c(Cn3cccc(NC(=O)C(CC/C=C/C(=O)N(C)C)NC(=O)OC)c3=O)nc12. The van der Waals surface area contributed by atoms with E-state index in [2.05, 4.69) is 31.9 Å². The molecule has 0 fully saturated rings. The fourth-order valence-corrected chi connectivity index (χ4v) is 3.85. The molecule has 1 aromatic carbocycles. The van der Waals surface area contributed by atoms with Crippen LogP contribution in [-0.4, -0.2) is 64.6 Å². The Morgan fingerprint density at radius 1 is 1.24 bits per heavy atom. The van der Waals surface area contributed by atoms with Gasteiger partial charge in [0, 0.05) is 20.3 Å². The molecule has 3 aromatic rings. The predicted molar refractivity (Wildman–Crippen MR) is 150 cm³/mol. The molecule has 0 saturated heterocycles. The van der Waals surface area contributed by atoms with E-state index in [-0.39, 0.29) is 53.5 Å². The summed E-state index contributed by atoms with van der Waals surface area (Å²) in [5, 5.41) is 4.94. The van der Waals surface area contributed by atoms with E-state index in [0.717, 1.165) is 7.11 Å². The van der Waals surface area contributed by atoms with E-state index < -0.39 is 29.5 Å². The summed E-state index contributed by atoms with van der Waals surface area (Å²) in [5.41, 5.74) is -0.851. The lowest BCUT2D eigenvalue weighted by atomic mass is 10.0. The molecule has 3 amide bonds. The predicted octanol–water partition coefficient (Wildman–Crippen LogP) is 3.53. The molecule has 0 aliphatic rings. The van der Waals surface area contributed by atoms with E-state index >= 15 is 0 Å². The second-order valence-electron chi connectivity index (χ2n) is 9.49. The van der Waals surface area contributed by atoms with E-state index in [0.29, 0.717) is 5.52 Å². The van der Waals surface area contributed by atoms with Gasteiger partial charge in [-0.15, -0.1) is 0 Å². The van der Waals surface area contributed by atoms with Crippen molar-refractivity contribution in [2.24, 2.45) is 0 Å². The molecule has 0 aliphatic heterocycles. The van der Waals surface area contributed by atoms with Crippen molar-refractivity contribution in [3.05, 3.63) is 82.6 Å². The van der Waals surface area contributed by atoms with Gasteiger partial charge in [0.25, 0.3) is 11.5 Å². The first kappa shape index (κ1) is 30.7. The molecule has 3 N–H and O–H groups in total. The highest BCUT2D eigenvalue weighted by Crippen LogP contribution is 2.37. The van der Waals surface area contributed by atoms with Gasteiger partial charge >= 0.3 is 6.09 Å². The van der Waals surface area contributed by atoms with Gasteiger partial charge in [0.05, 0.1) is 30.3 Å². The number of fused-ring (bicyclic) bond motifs is 1. The number of H-pyrrole nitrogens is 1. The van der Waals surface area contributed by atoms with Gasteiger partial charge in [0.1, 0.15) is 17.6 Å². The number of halogens is 2. The maximum absolute atomic E-state index is 14.7. The largest absolute Gasteiger partial charge is 0.453 e. The number of hydrogen-bond acceptors (Lipinski definition) is 6. The fourth-order valence-electron chi connectivity index (χ4n) is 3.85. The van der Waals surface area contributed by atoms with Crippen molar-refractivity contribution < 1.29 is 27.9 Å². The van der Waals surface area contributed by atoms with Crippen LogP contribution in [-0.2, 0) is 26.8 Å². The number of nitrogens with zero attached hydrogens (tertiary/aromatic N) is 3. The first-order chi connectivity index (χ1) is 19.3. The molecule has 0 aliphatic carbocycles. The molecule has 0 spiro atoms. The van der Waals surface area contributed by atoms with Crippen LogP contribution in [0.5, 0.6) is 0 Å². The zero-order chi connectivity index (χ0) is 30.3. The first-order valence-corrected chi connectivity index (χ1v) is 12.6. The molecule has 11 nitrogen and oxygen atoms in total. The molecular weight excluding hydrogens is 538 g/mol. The van der Waals surface area contributed by atoms with Crippen LogP contribution in [0.1, 0.15) is 31.2 Å². The molecule has 13 heteroatoms. The van der Waals surface area contributed by atoms with Crippen LogP contribution in [0.4, 0.5) is 19.3 Å². The van der Waals surface area contributed by atoms with Crippen molar-refractivity contribution in [3.8, 4) is 0 Å². The van der Waals surface area contributed by atoms with Crippen LogP contribution in [0.3, 0.4) is 0 Å². The topological polar surface area (TPSA) is 138 Å². The summed E-state index contributed by atoms with van der Waals surface area (Å²) < 4.78 is 35.3. The molecule has 2 aromatic heterocycles. The van der Waals surface area contributed by atoms with Gasteiger partial charge in [0.15, 0.2) is 0 Å². The summed E-state index contributed by atoms with van der Waals surface area (Å²) in [7, 11) is 4.35. The van der Waals surface area contributed by atoms with E-state index in [9.17, 15) is 28.0 Å². The van der Waals surface area contributed by atoms with Crippen LogP contribution in [0.15, 0.2) is 65.6 Å². The van der Waals surface area contributed by atoms with Crippen LogP contribution < -0.4 is 16.2 Å². The van der Waals surface area contributed by atoms with Crippen LogP contribution in [0.2, 0.25) is 0 Å². The Morgan fingerprint density at radius 3 is 2.63 bits per heavy atom. The number of nitrogens with one attached hydrogen (secondary N) is 3. The number of allylic oxidation sites excluding steroid dienone is 2. The Morgan fingerprint density at radius 2 is 1.98 bits per heavy atom. The van der Waals surface area contributed by atoms with E-state index in [1.165, 1.54) is 52.9 Å². The number of alkyl carbamates (subject to hydrolysis) is 1. The summed E-state index contributed by atoms with van der Waals surface area (Å²) in [5.74, 6) is -3.95. The monoisotopic (exact) mass is 570 g/mol. The summed E-state index contributed by atoms with van der Waals surface area (Å²) in [6.45, 7) is 4.52. The van der Waals surface area contributed by atoms with Crippen LogP contribution in [0, 0.1) is 0 Å². The molecule has 1 unspecified atom stereocenters. The number of benzene rings is 1. The number of amides is 3. The van der Waals surface area contributed by atoms with Crippen molar-refractivity contribution in [2.75, 3.05) is 26.5 Å². The van der Waals surface area contributed by atoms with E-state index in [4.69, 9.17) is 0 Å². The third kappa shape index (κ3) is 7.44. The summed E-state index contributed by atoms with van der Waals surface area (Å²) in [4.78, 5) is 58.3. The van der Waals surface area contributed by atoms with Gasteiger partial charge in [-0.25, -0.2) is 9.78 Å². The van der Waals surface area contributed by atoms with Crippen molar-refractivity contribution in [3.63, 3.8) is 0 Å². The zero-order valence-corrected chi connectivity index (χ0v) is 23.2. The van der Waals surface area contributed by atoms with Gasteiger partial charge in [-0.2, -0.15) is 8.78 Å². The standard InChI is InChI=1S/C28H32F2N6O5/c1-17(2)28(29,30)18-10-8-12-19-24(18)34-22(31-19)16-36-15-9-13-21(26(36)39)32-25(38)20(33-27(40)41-5)11-6-7-14-23(37)35(3)4/h7-10,12-15,20H,1,6,11,16H2,2-5H3,(H,31,34)(H,32,38)(H,33,40)/b14-7+. The molecule has 0 radical (unpaired) electrons. The Kier molecular flexibility index (Phi) is 9.76. The Balaban J connectivity index is 1.80. The molecule has 41 heavy (non-hydrogen) atoms. The minimum Gasteiger partial charge on any atom is -0.453 e. The number of carbonyl (C=O) groups is 3. The molecular formula is C28H32F2N6O5. The number of para-hydroxylation sites is 1. The van der Waals surface area contributed by atoms with Crippen LogP contribution >= 0.6 is 0 Å². The number of likely N-dealkylation sites (N-methyl/N-ethyl adjacent to an activating group) is 1. The van der Waals surface area contributed by atoms with Gasteiger partial charge in [-0.1, -0.05) is 24.8 Å². The van der Waals surface area contributed by atoms with Crippen LogP contribution in [0.25, 0.3) is 11.0 Å². The van der Waals surface area contributed by atoms with Gasteiger partial charge in [-0.05, 0) is 49.6 Å². The number of aromatic amines is 1. The maximum Gasteiger partial charge on any atom is 0.407 e. The second-order valence-corrected chi connectivity index (χ2v) is 9.49. The highest BCUT2D eigenvalue weighted by Gasteiger charge is 2.35. The number of imidazole rings is 1. The minimum atomic E-state index is -3.29. The number of pyridine rings is 1. The van der Waals surface area contributed by atoms with E-state index in [1.807, 2.05) is 0 Å². The number of aromatic nitrogens is 3. The zero-order valence-electron chi connectivity index (χ0n) is 23.2. The number of anilines is 1. The molecule has 1 atom stereocenters. The fraction of sp³-hybridized carbons (Fsp3) is 0.321. The number of hydrogen-bond donors (Lipinski definition) is 3. The van der Waals surface area contributed by atoms with Gasteiger partial charge in [-0.3, -0.25) is 14.4 Å². The molecule has 0 bridgehead atoms. The average Bonchev–Trinajstić information content (AvgIpc) is 3.34. The van der Waals surface area contributed by atoms with Crippen molar-refractivity contribution >= 4 is 34.6 Å². The lowest BCUT2D eigenvalue weighted by molar-refractivity contribution is -0.123. The van der Waals surface area contributed by atoms with Crippen molar-refractivity contribution in [2.45, 2.75) is 38.3 Å². The number of rotatable bonds is 11. The lowest BCUT2D eigenvalue weighted by Gasteiger charge is -2.17. The third-order valence-corrected chi connectivity index (χ3v) is 6.15. The Hall–Kier alpha value is -4.81. The van der Waals surface area contributed by atoms with Crippen molar-refractivity contribution in [1.82, 2.24) is 24.8 Å².